The summed E-state index contributed by atoms with van der Waals surface area (Å²) < 4.78 is 60.3. The molecule has 0 aromatic heterocycles. The van der Waals surface area contributed by atoms with Crippen LogP contribution in [0.25, 0.3) is 17.2 Å². The predicted octanol–water partition coefficient (Wildman–Crippen LogP) is 6.03. The van der Waals surface area contributed by atoms with Gasteiger partial charge in [-0.1, -0.05) is 91.9 Å². The van der Waals surface area contributed by atoms with Crippen LogP contribution in [-0.4, -0.2) is 19.8 Å². The van der Waals surface area contributed by atoms with Gasteiger partial charge in [0, 0.05) is 6.08 Å². The van der Waals surface area contributed by atoms with Crippen LogP contribution >= 0.6 is 0 Å². The molecule has 0 fully saturated rings. The molecule has 0 unspecified atom stereocenters. The van der Waals surface area contributed by atoms with Gasteiger partial charge in [-0.05, 0) is 45.9 Å². The minimum atomic E-state index is -5.75. The monoisotopic (exact) mass is 485 g/mol. The molecule has 0 saturated heterocycles. The van der Waals surface area contributed by atoms with Crippen LogP contribution in [0.5, 0.6) is 0 Å². The smallest absolute Gasteiger partial charge is 0.269 e. The third-order valence-electron chi connectivity index (χ3n) is 5.01. The van der Waals surface area contributed by atoms with Gasteiger partial charge in [-0.3, -0.25) is 4.79 Å². The predicted molar refractivity (Wildman–Crippen MR) is 128 cm³/mol. The number of allylic oxidation sites excluding steroid dienone is 1. The van der Waals surface area contributed by atoms with Crippen molar-refractivity contribution in [3.05, 3.63) is 113 Å². The lowest BCUT2D eigenvalue weighted by Crippen LogP contribution is -2.39. The minimum absolute atomic E-state index is 0.522. The SMILES string of the molecule is CCC(=C(c1ccccc1)c1ccc(C=CC(=O)NS(=O)(=O)C(F)(F)F)cc1)c1ccccc1. The molecule has 1 N–H and O–H groups in total. The first kappa shape index (κ1) is 25.0. The second-order valence-corrected chi connectivity index (χ2v) is 8.98. The van der Waals surface area contributed by atoms with Gasteiger partial charge in [0.15, 0.2) is 0 Å². The Hall–Kier alpha value is -3.65. The van der Waals surface area contributed by atoms with Crippen LogP contribution in [0.4, 0.5) is 13.2 Å². The Labute approximate surface area is 196 Å². The van der Waals surface area contributed by atoms with E-state index in [4.69, 9.17) is 0 Å². The molecule has 3 aromatic rings. The zero-order valence-electron chi connectivity index (χ0n) is 18.2. The molecule has 34 heavy (non-hydrogen) atoms. The van der Waals surface area contributed by atoms with Crippen LogP contribution in [0, 0.1) is 0 Å². The standard InChI is InChI=1S/C26H22F3NO3S/c1-2-23(20-9-5-3-6-10-20)25(21-11-7-4-8-12-21)22-16-13-19(14-17-22)15-18-24(31)30-34(32,33)26(27,28)29/h3-18H,2H2,1H3,(H,30,31). The Kier molecular flexibility index (Phi) is 7.73. The Bertz CT molecular complexity index is 1300. The number of nitrogens with one attached hydrogen (secondary N) is 1. The molecule has 0 bridgehead atoms. The van der Waals surface area contributed by atoms with E-state index in [1.54, 1.807) is 12.1 Å². The summed E-state index contributed by atoms with van der Waals surface area (Å²) in [5, 5.41) is 0. The normalized spacial score (nSPS) is 12.9. The molecule has 1 amide bonds. The number of rotatable bonds is 7. The lowest BCUT2D eigenvalue weighted by molar-refractivity contribution is -0.115. The van der Waals surface area contributed by atoms with Gasteiger partial charge in [-0.2, -0.15) is 21.6 Å². The third kappa shape index (κ3) is 6.02. The van der Waals surface area contributed by atoms with E-state index >= 15 is 0 Å². The van der Waals surface area contributed by atoms with E-state index in [0.717, 1.165) is 45.1 Å². The molecular formula is C26H22F3NO3S. The summed E-state index contributed by atoms with van der Waals surface area (Å²) in [6.07, 6.45) is 2.77. The lowest BCUT2D eigenvalue weighted by atomic mass is 9.88. The number of halogens is 3. The number of hydrogen-bond donors (Lipinski definition) is 1. The van der Waals surface area contributed by atoms with Crippen LogP contribution in [-0.2, 0) is 14.8 Å². The van der Waals surface area contributed by atoms with Crippen molar-refractivity contribution in [1.29, 1.82) is 0 Å². The fraction of sp³-hybridized carbons (Fsp3) is 0.115. The zero-order valence-corrected chi connectivity index (χ0v) is 19.0. The quantitative estimate of drug-likeness (QED) is 0.328. The van der Waals surface area contributed by atoms with Crippen LogP contribution in [0.3, 0.4) is 0 Å². The van der Waals surface area contributed by atoms with Gasteiger partial charge < -0.3 is 0 Å². The van der Waals surface area contributed by atoms with Crippen molar-refractivity contribution in [2.45, 2.75) is 18.9 Å². The van der Waals surface area contributed by atoms with Crippen molar-refractivity contribution < 1.29 is 26.4 Å². The summed E-state index contributed by atoms with van der Waals surface area (Å²) in [6, 6.07) is 27.0. The second-order valence-electron chi connectivity index (χ2n) is 7.31. The molecule has 0 aliphatic heterocycles. The van der Waals surface area contributed by atoms with Gasteiger partial charge in [0.25, 0.3) is 5.91 Å². The summed E-state index contributed by atoms with van der Waals surface area (Å²) in [4.78, 5) is 11.6. The highest BCUT2D eigenvalue weighted by atomic mass is 32.2. The van der Waals surface area contributed by atoms with Crippen molar-refractivity contribution in [3.8, 4) is 0 Å². The fourth-order valence-corrected chi connectivity index (χ4v) is 3.89. The van der Waals surface area contributed by atoms with Gasteiger partial charge in [0.2, 0.25) is 0 Å². The number of hydrogen-bond acceptors (Lipinski definition) is 3. The summed E-state index contributed by atoms with van der Waals surface area (Å²) in [5.74, 6) is -1.39. The van der Waals surface area contributed by atoms with Crippen molar-refractivity contribution in [2.75, 3.05) is 0 Å². The summed E-state index contributed by atoms with van der Waals surface area (Å²) in [5.41, 5.74) is 0.194. The van der Waals surface area contributed by atoms with E-state index in [1.807, 2.05) is 72.8 Å². The van der Waals surface area contributed by atoms with E-state index in [9.17, 15) is 26.4 Å². The first-order chi connectivity index (χ1) is 16.1. The number of amides is 1. The number of benzene rings is 3. The van der Waals surface area contributed by atoms with Crippen molar-refractivity contribution in [1.82, 2.24) is 4.72 Å². The molecule has 0 radical (unpaired) electrons. The molecule has 0 atom stereocenters. The molecule has 0 heterocycles. The molecule has 3 aromatic carbocycles. The first-order valence-corrected chi connectivity index (χ1v) is 11.9. The third-order valence-corrected chi connectivity index (χ3v) is 6.09. The van der Waals surface area contributed by atoms with Gasteiger partial charge >= 0.3 is 15.5 Å². The van der Waals surface area contributed by atoms with Gasteiger partial charge in [-0.25, -0.2) is 4.72 Å². The molecule has 0 saturated carbocycles. The number of carbonyl (C=O) groups is 1. The van der Waals surface area contributed by atoms with E-state index in [2.05, 4.69) is 6.92 Å². The molecule has 8 heteroatoms. The maximum Gasteiger partial charge on any atom is 0.516 e. The topological polar surface area (TPSA) is 63.2 Å². The Morgan fingerprint density at radius 1 is 0.824 bits per heavy atom. The highest BCUT2D eigenvalue weighted by molar-refractivity contribution is 7.90. The molecule has 3 rings (SSSR count). The van der Waals surface area contributed by atoms with E-state index < -0.39 is 21.4 Å². The lowest BCUT2D eigenvalue weighted by Gasteiger charge is -2.16. The molecular weight excluding hydrogens is 463 g/mol. The maximum absolute atomic E-state index is 12.4. The first-order valence-electron chi connectivity index (χ1n) is 10.4. The molecule has 0 aliphatic rings. The van der Waals surface area contributed by atoms with E-state index in [0.29, 0.717) is 5.56 Å². The van der Waals surface area contributed by atoms with Gasteiger partial charge in [0.1, 0.15) is 0 Å². The largest absolute Gasteiger partial charge is 0.516 e. The average molecular weight is 486 g/mol. The summed E-state index contributed by atoms with van der Waals surface area (Å²) in [7, 11) is -5.75. The Morgan fingerprint density at radius 2 is 1.32 bits per heavy atom. The Balaban J connectivity index is 1.93. The van der Waals surface area contributed by atoms with Crippen LogP contribution in [0.15, 0.2) is 91.0 Å². The van der Waals surface area contributed by atoms with E-state index in [1.165, 1.54) is 6.08 Å². The van der Waals surface area contributed by atoms with Gasteiger partial charge in [-0.15, -0.1) is 0 Å². The number of carbonyl (C=O) groups excluding carboxylic acids is 1. The van der Waals surface area contributed by atoms with Crippen molar-refractivity contribution in [2.24, 2.45) is 0 Å². The number of sulfonamides is 1. The molecule has 0 aliphatic carbocycles. The second kappa shape index (κ2) is 10.5. The van der Waals surface area contributed by atoms with Crippen LogP contribution in [0.1, 0.15) is 35.6 Å². The maximum atomic E-state index is 12.4. The average Bonchev–Trinajstić information content (AvgIpc) is 2.82. The number of alkyl halides is 3. The van der Waals surface area contributed by atoms with E-state index in [-0.39, 0.29) is 0 Å². The fourth-order valence-electron chi connectivity index (χ4n) is 3.44. The minimum Gasteiger partial charge on any atom is -0.269 e. The van der Waals surface area contributed by atoms with Gasteiger partial charge in [0.05, 0.1) is 0 Å². The summed E-state index contributed by atoms with van der Waals surface area (Å²) >= 11 is 0. The van der Waals surface area contributed by atoms with Crippen LogP contribution < -0.4 is 4.72 Å². The van der Waals surface area contributed by atoms with Crippen LogP contribution in [0.2, 0.25) is 0 Å². The highest BCUT2D eigenvalue weighted by Gasteiger charge is 2.46. The Morgan fingerprint density at radius 3 is 1.82 bits per heavy atom. The van der Waals surface area contributed by atoms with Crippen molar-refractivity contribution >= 4 is 33.2 Å². The van der Waals surface area contributed by atoms with Crippen molar-refractivity contribution in [3.63, 3.8) is 0 Å². The highest BCUT2D eigenvalue weighted by Crippen LogP contribution is 2.34. The molecule has 0 spiro atoms. The molecule has 4 nitrogen and oxygen atoms in total. The zero-order chi connectivity index (χ0) is 24.8. The summed E-state index contributed by atoms with van der Waals surface area (Å²) in [6.45, 7) is 2.08. The molecule has 176 valence electrons.